The lowest BCUT2D eigenvalue weighted by atomic mass is 9.89. The Kier molecular flexibility index (Phi) is 4.75. The molecule has 2 amide bonds. The summed E-state index contributed by atoms with van der Waals surface area (Å²) in [5.41, 5.74) is 2.51. The number of para-hydroxylation sites is 1. The highest BCUT2D eigenvalue weighted by molar-refractivity contribution is 7.12. The maximum atomic E-state index is 12.4. The van der Waals surface area contributed by atoms with Crippen LogP contribution in [0.5, 0.6) is 0 Å². The van der Waals surface area contributed by atoms with Gasteiger partial charge in [-0.1, -0.05) is 24.3 Å². The Hall–Kier alpha value is -2.60. The Morgan fingerprint density at radius 2 is 1.96 bits per heavy atom. The van der Waals surface area contributed by atoms with Gasteiger partial charge in [-0.2, -0.15) is 0 Å². The van der Waals surface area contributed by atoms with Gasteiger partial charge < -0.3 is 15.2 Å². The number of aromatic amines is 1. The Morgan fingerprint density at radius 1 is 1.15 bits per heavy atom. The van der Waals surface area contributed by atoms with Crippen molar-refractivity contribution < 1.29 is 9.59 Å². The average molecular weight is 367 g/mol. The third kappa shape index (κ3) is 3.37. The highest BCUT2D eigenvalue weighted by Crippen LogP contribution is 2.33. The number of H-pyrrole nitrogens is 1. The van der Waals surface area contributed by atoms with Gasteiger partial charge in [-0.15, -0.1) is 11.3 Å². The van der Waals surface area contributed by atoms with Crippen LogP contribution in [0.3, 0.4) is 0 Å². The van der Waals surface area contributed by atoms with Crippen LogP contribution in [0.1, 0.15) is 34.0 Å². The van der Waals surface area contributed by atoms with Crippen LogP contribution in [-0.4, -0.2) is 41.3 Å². The molecule has 0 bridgehead atoms. The Bertz CT molecular complexity index is 908. The molecule has 0 spiro atoms. The highest BCUT2D eigenvalue weighted by atomic mass is 32.1. The first-order chi connectivity index (χ1) is 12.7. The largest absolute Gasteiger partial charge is 0.361 e. The van der Waals surface area contributed by atoms with E-state index in [1.807, 2.05) is 22.4 Å². The van der Waals surface area contributed by atoms with E-state index in [2.05, 4.69) is 34.7 Å². The van der Waals surface area contributed by atoms with E-state index in [4.69, 9.17) is 0 Å². The number of hydrogen-bond donors (Lipinski definition) is 2. The van der Waals surface area contributed by atoms with E-state index >= 15 is 0 Å². The molecule has 1 aliphatic heterocycles. The van der Waals surface area contributed by atoms with E-state index in [1.54, 1.807) is 6.07 Å². The molecule has 3 aromatic rings. The number of benzene rings is 1. The summed E-state index contributed by atoms with van der Waals surface area (Å²) in [6.45, 7) is 1.53. The highest BCUT2D eigenvalue weighted by Gasteiger charge is 2.25. The normalized spacial score (nSPS) is 15.3. The summed E-state index contributed by atoms with van der Waals surface area (Å²) in [5.74, 6) is 0.283. The third-order valence-electron chi connectivity index (χ3n) is 5.05. The zero-order chi connectivity index (χ0) is 17.9. The second-order valence-electron chi connectivity index (χ2n) is 6.60. The molecule has 0 aliphatic carbocycles. The molecule has 0 unspecified atom stereocenters. The summed E-state index contributed by atoms with van der Waals surface area (Å²) in [6.07, 6.45) is 4.01. The molecule has 134 valence electrons. The number of rotatable bonds is 4. The van der Waals surface area contributed by atoms with Crippen molar-refractivity contribution in [3.05, 3.63) is 58.4 Å². The number of nitrogens with zero attached hydrogens (tertiary/aromatic N) is 1. The van der Waals surface area contributed by atoms with Crippen LogP contribution in [0, 0.1) is 0 Å². The van der Waals surface area contributed by atoms with Crippen LogP contribution >= 0.6 is 11.3 Å². The summed E-state index contributed by atoms with van der Waals surface area (Å²) in [4.78, 5) is 30.2. The second-order valence-corrected chi connectivity index (χ2v) is 7.55. The predicted molar refractivity (Wildman–Crippen MR) is 104 cm³/mol. The zero-order valence-corrected chi connectivity index (χ0v) is 15.2. The Labute approximate surface area is 156 Å². The molecule has 1 fully saturated rings. The van der Waals surface area contributed by atoms with Crippen molar-refractivity contribution in [2.75, 3.05) is 19.6 Å². The first-order valence-electron chi connectivity index (χ1n) is 8.88. The van der Waals surface area contributed by atoms with Gasteiger partial charge in [-0.3, -0.25) is 9.59 Å². The quantitative estimate of drug-likeness (QED) is 0.743. The minimum absolute atomic E-state index is 0.00715. The number of thiophene rings is 1. The van der Waals surface area contributed by atoms with E-state index in [9.17, 15) is 9.59 Å². The van der Waals surface area contributed by atoms with Crippen molar-refractivity contribution in [1.82, 2.24) is 15.2 Å². The maximum Gasteiger partial charge on any atom is 0.261 e. The summed E-state index contributed by atoms with van der Waals surface area (Å²) in [5, 5.41) is 5.85. The molecule has 3 heterocycles. The molecule has 0 radical (unpaired) electrons. The van der Waals surface area contributed by atoms with Crippen LogP contribution in [0.2, 0.25) is 0 Å². The summed E-state index contributed by atoms with van der Waals surface area (Å²) < 4.78 is 0. The van der Waals surface area contributed by atoms with Gasteiger partial charge in [0.25, 0.3) is 5.91 Å². The molecule has 2 N–H and O–H groups in total. The van der Waals surface area contributed by atoms with Gasteiger partial charge in [0.1, 0.15) is 0 Å². The van der Waals surface area contributed by atoms with Gasteiger partial charge in [0.15, 0.2) is 0 Å². The predicted octanol–water partition coefficient (Wildman–Crippen LogP) is 3.37. The molecule has 5 nitrogen and oxygen atoms in total. The number of fused-ring (bicyclic) bond motifs is 1. The number of carbonyl (C=O) groups is 2. The van der Waals surface area contributed by atoms with Gasteiger partial charge >= 0.3 is 0 Å². The first kappa shape index (κ1) is 16.8. The molecule has 4 rings (SSSR count). The SMILES string of the molecule is O=C(NCC(=O)N1CCC(c2c[nH]c3ccccc23)CC1)c1cccs1. The Balaban J connectivity index is 1.32. The van der Waals surface area contributed by atoms with E-state index in [1.165, 1.54) is 22.3 Å². The van der Waals surface area contributed by atoms with Gasteiger partial charge in [0.2, 0.25) is 5.91 Å². The van der Waals surface area contributed by atoms with Crippen molar-refractivity contribution in [3.8, 4) is 0 Å². The van der Waals surface area contributed by atoms with E-state index in [-0.39, 0.29) is 18.4 Å². The lowest BCUT2D eigenvalue weighted by Gasteiger charge is -2.32. The average Bonchev–Trinajstić information content (AvgIpc) is 3.36. The molecular weight excluding hydrogens is 346 g/mol. The van der Waals surface area contributed by atoms with Crippen LogP contribution in [-0.2, 0) is 4.79 Å². The monoisotopic (exact) mass is 367 g/mol. The second kappa shape index (κ2) is 7.33. The minimum atomic E-state index is -0.179. The topological polar surface area (TPSA) is 65.2 Å². The van der Waals surface area contributed by atoms with Gasteiger partial charge in [-0.05, 0) is 41.8 Å². The van der Waals surface area contributed by atoms with Crippen molar-refractivity contribution in [1.29, 1.82) is 0 Å². The fraction of sp³-hybridized carbons (Fsp3) is 0.300. The van der Waals surface area contributed by atoms with Gasteiger partial charge in [0.05, 0.1) is 11.4 Å². The number of nitrogens with one attached hydrogen (secondary N) is 2. The van der Waals surface area contributed by atoms with Gasteiger partial charge in [-0.25, -0.2) is 0 Å². The standard InChI is InChI=1S/C20H21N3O2S/c24-19(13-22-20(25)18-6-3-11-26-18)23-9-7-14(8-10-23)16-12-21-17-5-2-1-4-15(16)17/h1-6,11-12,14,21H,7-10,13H2,(H,22,25). The number of amides is 2. The number of likely N-dealkylation sites (tertiary alicyclic amines) is 1. The van der Waals surface area contributed by atoms with Crippen molar-refractivity contribution in [2.24, 2.45) is 0 Å². The molecule has 1 aliphatic rings. The lowest BCUT2D eigenvalue weighted by molar-refractivity contribution is -0.131. The molecular formula is C20H21N3O2S. The van der Waals surface area contributed by atoms with E-state index in [0.29, 0.717) is 10.8 Å². The minimum Gasteiger partial charge on any atom is -0.361 e. The van der Waals surface area contributed by atoms with Crippen molar-refractivity contribution in [3.63, 3.8) is 0 Å². The number of carbonyl (C=O) groups excluding carboxylic acids is 2. The zero-order valence-electron chi connectivity index (χ0n) is 14.4. The number of piperidine rings is 1. The molecule has 26 heavy (non-hydrogen) atoms. The summed E-state index contributed by atoms with van der Waals surface area (Å²) in [7, 11) is 0. The molecule has 0 atom stereocenters. The smallest absolute Gasteiger partial charge is 0.261 e. The molecule has 1 aromatic carbocycles. The number of aromatic nitrogens is 1. The summed E-state index contributed by atoms with van der Waals surface area (Å²) in [6, 6.07) is 11.9. The molecule has 2 aromatic heterocycles. The first-order valence-corrected chi connectivity index (χ1v) is 9.76. The molecule has 1 saturated heterocycles. The van der Waals surface area contributed by atoms with Crippen LogP contribution < -0.4 is 5.32 Å². The Morgan fingerprint density at radius 3 is 2.73 bits per heavy atom. The maximum absolute atomic E-state index is 12.4. The fourth-order valence-electron chi connectivity index (χ4n) is 3.63. The fourth-order valence-corrected chi connectivity index (χ4v) is 4.27. The third-order valence-corrected chi connectivity index (χ3v) is 5.92. The van der Waals surface area contributed by atoms with Crippen LogP contribution in [0.15, 0.2) is 48.0 Å². The van der Waals surface area contributed by atoms with Crippen molar-refractivity contribution in [2.45, 2.75) is 18.8 Å². The van der Waals surface area contributed by atoms with Gasteiger partial charge in [0, 0.05) is 30.2 Å². The lowest BCUT2D eigenvalue weighted by Crippen LogP contribution is -2.43. The van der Waals surface area contributed by atoms with E-state index < -0.39 is 0 Å². The summed E-state index contributed by atoms with van der Waals surface area (Å²) >= 11 is 1.38. The molecule has 6 heteroatoms. The van der Waals surface area contributed by atoms with Crippen molar-refractivity contribution >= 4 is 34.1 Å². The molecule has 0 saturated carbocycles. The van der Waals surface area contributed by atoms with Crippen LogP contribution in [0.25, 0.3) is 10.9 Å². The van der Waals surface area contributed by atoms with Crippen LogP contribution in [0.4, 0.5) is 0 Å². The van der Waals surface area contributed by atoms with E-state index in [0.717, 1.165) is 31.4 Å². The number of hydrogen-bond acceptors (Lipinski definition) is 3.